The first kappa shape index (κ1) is 22.4. The molecule has 35 heavy (non-hydrogen) atoms. The van der Waals surface area contributed by atoms with Crippen molar-refractivity contribution in [3.8, 4) is 11.3 Å². The van der Waals surface area contributed by atoms with Crippen LogP contribution in [-0.2, 0) is 11.2 Å². The van der Waals surface area contributed by atoms with E-state index in [1.807, 2.05) is 22.7 Å². The second-order valence-electron chi connectivity index (χ2n) is 9.63. The maximum absolute atomic E-state index is 15.0. The predicted molar refractivity (Wildman–Crippen MR) is 129 cm³/mol. The van der Waals surface area contributed by atoms with Gasteiger partial charge in [-0.2, -0.15) is 5.10 Å². The van der Waals surface area contributed by atoms with Crippen molar-refractivity contribution in [2.45, 2.75) is 44.4 Å². The van der Waals surface area contributed by atoms with Crippen LogP contribution in [0.25, 0.3) is 11.3 Å². The van der Waals surface area contributed by atoms with Crippen molar-refractivity contribution < 1.29 is 13.9 Å². The van der Waals surface area contributed by atoms with Crippen molar-refractivity contribution in [1.29, 1.82) is 0 Å². The molecule has 0 unspecified atom stereocenters. The van der Waals surface area contributed by atoms with Gasteiger partial charge in [-0.25, -0.2) is 14.4 Å². The molecule has 4 heterocycles. The van der Waals surface area contributed by atoms with E-state index in [0.717, 1.165) is 18.4 Å². The van der Waals surface area contributed by atoms with Crippen LogP contribution in [0.4, 0.5) is 10.3 Å². The molecular weight excluding hydrogens is 471 g/mol. The van der Waals surface area contributed by atoms with E-state index in [1.165, 1.54) is 6.07 Å². The summed E-state index contributed by atoms with van der Waals surface area (Å²) in [7, 11) is 1.75. The van der Waals surface area contributed by atoms with Gasteiger partial charge >= 0.3 is 0 Å². The molecule has 2 fully saturated rings. The zero-order chi connectivity index (χ0) is 24.3. The maximum atomic E-state index is 15.0. The van der Waals surface area contributed by atoms with Gasteiger partial charge in [0.2, 0.25) is 5.95 Å². The molecule has 3 aliphatic rings. The van der Waals surface area contributed by atoms with Crippen LogP contribution in [0, 0.1) is 5.82 Å². The monoisotopic (exact) mass is 496 g/mol. The van der Waals surface area contributed by atoms with Gasteiger partial charge in [-0.3, -0.25) is 9.48 Å². The number of hydrogen-bond acceptors (Lipinski definition) is 6. The van der Waals surface area contributed by atoms with E-state index < -0.39 is 5.82 Å². The molecule has 2 aromatic heterocycles. The fourth-order valence-electron chi connectivity index (χ4n) is 4.85. The summed E-state index contributed by atoms with van der Waals surface area (Å²) in [6.45, 7) is 3.59. The van der Waals surface area contributed by atoms with Gasteiger partial charge in [0.05, 0.1) is 30.6 Å². The minimum absolute atomic E-state index is 0.0910. The maximum Gasteiger partial charge on any atom is 0.272 e. The molecule has 2 atom stereocenters. The predicted octanol–water partition coefficient (Wildman–Crippen LogP) is 4.06. The Labute approximate surface area is 207 Å². The summed E-state index contributed by atoms with van der Waals surface area (Å²) >= 11 is 6.00. The first-order chi connectivity index (χ1) is 16.9. The SMILES string of the molecule is C[C@H]1CN(c2nc3c(c(-c4ccc(Cl)cc4F)n2)CCN(C)C3=O)C[C@@H](c2cnn(C3CC3)c2)O1. The number of carbonyl (C=O) groups is 1. The molecule has 1 aromatic carbocycles. The van der Waals surface area contributed by atoms with Gasteiger partial charge in [-0.05, 0) is 44.4 Å². The lowest BCUT2D eigenvalue weighted by Crippen LogP contribution is -2.44. The Morgan fingerprint density at radius 1 is 1.17 bits per heavy atom. The number of morpholine rings is 1. The lowest BCUT2D eigenvalue weighted by atomic mass is 9.98. The van der Waals surface area contributed by atoms with Crippen LogP contribution in [0.1, 0.15) is 53.5 Å². The van der Waals surface area contributed by atoms with E-state index in [9.17, 15) is 9.18 Å². The van der Waals surface area contributed by atoms with Crippen LogP contribution < -0.4 is 4.90 Å². The van der Waals surface area contributed by atoms with Crippen molar-refractivity contribution in [2.75, 3.05) is 31.6 Å². The van der Waals surface area contributed by atoms with Crippen LogP contribution in [0.2, 0.25) is 5.02 Å². The number of halogens is 2. The number of anilines is 1. The Hall–Kier alpha value is -3.04. The van der Waals surface area contributed by atoms with Crippen LogP contribution in [-0.4, -0.2) is 63.3 Å². The van der Waals surface area contributed by atoms with Gasteiger partial charge in [-0.1, -0.05) is 11.6 Å². The quantitative estimate of drug-likeness (QED) is 0.542. The fraction of sp³-hybridized carbons (Fsp3) is 0.440. The summed E-state index contributed by atoms with van der Waals surface area (Å²) in [5.41, 5.74) is 2.76. The molecular formula is C25H26ClFN6O2. The summed E-state index contributed by atoms with van der Waals surface area (Å²) < 4.78 is 23.2. The largest absolute Gasteiger partial charge is 0.367 e. The number of benzene rings is 1. The molecule has 0 N–H and O–H groups in total. The first-order valence-electron chi connectivity index (χ1n) is 11.9. The summed E-state index contributed by atoms with van der Waals surface area (Å²) in [5.74, 6) is -0.267. The lowest BCUT2D eigenvalue weighted by molar-refractivity contribution is -0.0179. The van der Waals surface area contributed by atoms with E-state index in [-0.39, 0.29) is 18.1 Å². The molecule has 10 heteroatoms. The number of rotatable bonds is 4. The zero-order valence-corrected chi connectivity index (χ0v) is 20.4. The minimum atomic E-state index is -0.476. The minimum Gasteiger partial charge on any atom is -0.367 e. The van der Waals surface area contributed by atoms with Gasteiger partial charge in [-0.15, -0.1) is 0 Å². The molecule has 1 saturated carbocycles. The van der Waals surface area contributed by atoms with Crippen molar-refractivity contribution >= 4 is 23.5 Å². The topological polar surface area (TPSA) is 76.4 Å². The Balaban J connectivity index is 1.40. The van der Waals surface area contributed by atoms with Gasteiger partial charge < -0.3 is 14.5 Å². The first-order valence-corrected chi connectivity index (χ1v) is 12.3. The Bertz CT molecular complexity index is 1310. The van der Waals surface area contributed by atoms with Gasteiger partial charge in [0, 0.05) is 48.0 Å². The molecule has 6 rings (SSSR count). The third-order valence-corrected chi connectivity index (χ3v) is 7.12. The van der Waals surface area contributed by atoms with E-state index >= 15 is 0 Å². The van der Waals surface area contributed by atoms with Crippen molar-refractivity contribution in [3.05, 3.63) is 58.3 Å². The molecule has 0 spiro atoms. The number of ether oxygens (including phenoxy) is 1. The van der Waals surface area contributed by atoms with Crippen LogP contribution in [0.5, 0.6) is 0 Å². The molecule has 8 nitrogen and oxygen atoms in total. The van der Waals surface area contributed by atoms with Crippen LogP contribution >= 0.6 is 11.6 Å². The zero-order valence-electron chi connectivity index (χ0n) is 19.6. The highest BCUT2D eigenvalue weighted by molar-refractivity contribution is 6.30. The molecule has 1 aliphatic carbocycles. The number of hydrogen-bond donors (Lipinski definition) is 0. The Kier molecular flexibility index (Phi) is 5.49. The molecule has 3 aromatic rings. The smallest absolute Gasteiger partial charge is 0.272 e. The van der Waals surface area contributed by atoms with Crippen molar-refractivity contribution in [3.63, 3.8) is 0 Å². The van der Waals surface area contributed by atoms with Crippen molar-refractivity contribution in [1.82, 2.24) is 24.6 Å². The lowest BCUT2D eigenvalue weighted by Gasteiger charge is -2.37. The molecule has 2 aliphatic heterocycles. The highest BCUT2D eigenvalue weighted by atomic mass is 35.5. The summed E-state index contributed by atoms with van der Waals surface area (Å²) in [6, 6.07) is 5.01. The van der Waals surface area contributed by atoms with Crippen LogP contribution in [0.15, 0.2) is 30.6 Å². The number of amides is 1. The molecule has 182 valence electrons. The fourth-order valence-corrected chi connectivity index (χ4v) is 5.01. The second-order valence-corrected chi connectivity index (χ2v) is 10.1. The van der Waals surface area contributed by atoms with E-state index in [2.05, 4.69) is 11.3 Å². The second kappa shape index (κ2) is 8.57. The number of likely N-dealkylation sites (N-methyl/N-ethyl adjacent to an activating group) is 1. The summed E-state index contributed by atoms with van der Waals surface area (Å²) in [4.78, 5) is 26.2. The number of fused-ring (bicyclic) bond motifs is 1. The Morgan fingerprint density at radius 3 is 2.74 bits per heavy atom. The average Bonchev–Trinajstić information content (AvgIpc) is 3.57. The highest BCUT2D eigenvalue weighted by Crippen LogP contribution is 2.37. The number of nitrogens with zero attached hydrogens (tertiary/aromatic N) is 6. The van der Waals surface area contributed by atoms with E-state index in [0.29, 0.717) is 65.6 Å². The summed E-state index contributed by atoms with van der Waals surface area (Å²) in [5, 5.41) is 4.81. The normalized spacial score (nSPS) is 22.5. The van der Waals surface area contributed by atoms with E-state index in [4.69, 9.17) is 26.3 Å². The third-order valence-electron chi connectivity index (χ3n) is 6.89. The van der Waals surface area contributed by atoms with E-state index in [1.54, 1.807) is 24.1 Å². The number of carbonyl (C=O) groups excluding carboxylic acids is 1. The van der Waals surface area contributed by atoms with Crippen molar-refractivity contribution in [2.24, 2.45) is 0 Å². The van der Waals surface area contributed by atoms with Gasteiger partial charge in [0.1, 0.15) is 17.6 Å². The highest BCUT2D eigenvalue weighted by Gasteiger charge is 2.34. The Morgan fingerprint density at radius 2 is 1.97 bits per heavy atom. The number of aromatic nitrogens is 4. The average molecular weight is 497 g/mol. The molecule has 0 radical (unpaired) electrons. The van der Waals surface area contributed by atoms with Gasteiger partial charge in [0.15, 0.2) is 0 Å². The summed E-state index contributed by atoms with van der Waals surface area (Å²) in [6.07, 6.45) is 6.48. The van der Waals surface area contributed by atoms with Gasteiger partial charge in [0.25, 0.3) is 5.91 Å². The standard InChI is InChI=1S/C25H26ClFN6O2/c1-14-11-32(13-21(35-14)15-10-28-33(12-15)17-4-5-17)25-29-22(18-6-3-16(26)9-20(18)27)19-7-8-31(2)24(34)23(19)30-25/h3,6,9-10,12,14,17,21H,4-5,7-8,11,13H2,1-2H3/t14-,21-/m0/s1. The molecule has 1 saturated heterocycles. The molecule has 0 bridgehead atoms. The third kappa shape index (κ3) is 4.16. The van der Waals surface area contributed by atoms with Crippen LogP contribution in [0.3, 0.4) is 0 Å². The molecule has 1 amide bonds.